The summed E-state index contributed by atoms with van der Waals surface area (Å²) in [7, 11) is 0. The van der Waals surface area contributed by atoms with E-state index in [1.807, 2.05) is 12.1 Å². The molecule has 0 radical (unpaired) electrons. The third kappa shape index (κ3) is 6.98. The van der Waals surface area contributed by atoms with Crippen LogP contribution in [0.5, 0.6) is 0 Å². The highest BCUT2D eigenvalue weighted by molar-refractivity contribution is 6.30. The van der Waals surface area contributed by atoms with Gasteiger partial charge in [-0.1, -0.05) is 35.6 Å². The number of rotatable bonds is 4. The van der Waals surface area contributed by atoms with Crippen LogP contribution in [0.1, 0.15) is 18.1 Å². The Morgan fingerprint density at radius 3 is 2.32 bits per heavy atom. The molecule has 0 aliphatic heterocycles. The molecule has 5 nitrogen and oxygen atoms in total. The zero-order valence-electron chi connectivity index (χ0n) is 13.7. The number of halogens is 1. The number of nitrogens with one attached hydrogen (secondary N) is 3. The number of carbonyl (C=O) groups is 2. The van der Waals surface area contributed by atoms with Crippen molar-refractivity contribution >= 4 is 29.2 Å². The van der Waals surface area contributed by atoms with Gasteiger partial charge >= 0.3 is 6.03 Å². The van der Waals surface area contributed by atoms with Crippen LogP contribution >= 0.6 is 11.6 Å². The number of hydrogen-bond donors (Lipinski definition) is 3. The summed E-state index contributed by atoms with van der Waals surface area (Å²) in [6.45, 7) is 2.11. The lowest BCUT2D eigenvalue weighted by Crippen LogP contribution is -2.35. The molecular weight excluding hydrogens is 338 g/mol. The molecule has 0 aromatic heterocycles. The minimum atomic E-state index is -0.287. The van der Waals surface area contributed by atoms with Crippen LogP contribution in [0.25, 0.3) is 0 Å². The highest BCUT2D eigenvalue weighted by Crippen LogP contribution is 2.09. The van der Waals surface area contributed by atoms with Crippen molar-refractivity contribution in [3.8, 4) is 11.8 Å². The van der Waals surface area contributed by atoms with Crippen LogP contribution in [0.2, 0.25) is 5.02 Å². The Labute approximate surface area is 151 Å². The maximum atomic E-state index is 11.7. The van der Waals surface area contributed by atoms with E-state index in [0.29, 0.717) is 11.6 Å². The summed E-state index contributed by atoms with van der Waals surface area (Å²) in [4.78, 5) is 22.6. The minimum absolute atomic E-state index is 0.118. The van der Waals surface area contributed by atoms with Crippen molar-refractivity contribution in [2.24, 2.45) is 0 Å². The molecule has 6 heteroatoms. The van der Waals surface area contributed by atoms with Gasteiger partial charge in [0.1, 0.15) is 0 Å². The minimum Gasteiger partial charge on any atom is -0.334 e. The van der Waals surface area contributed by atoms with Gasteiger partial charge in [-0.25, -0.2) is 4.79 Å². The highest BCUT2D eigenvalue weighted by Gasteiger charge is 1.99. The summed E-state index contributed by atoms with van der Waals surface area (Å²) in [5.41, 5.74) is 2.49. The summed E-state index contributed by atoms with van der Waals surface area (Å²) in [6.07, 6.45) is 0. The number of carbonyl (C=O) groups excluding carboxylic acids is 2. The molecule has 2 aromatic rings. The molecule has 3 N–H and O–H groups in total. The van der Waals surface area contributed by atoms with Crippen LogP contribution in [0.15, 0.2) is 48.5 Å². The number of amides is 3. The predicted molar refractivity (Wildman–Crippen MR) is 99.3 cm³/mol. The van der Waals surface area contributed by atoms with Gasteiger partial charge in [0.15, 0.2) is 0 Å². The molecule has 128 valence electrons. The van der Waals surface area contributed by atoms with Crippen molar-refractivity contribution in [3.63, 3.8) is 0 Å². The molecule has 0 aliphatic rings. The Bertz CT molecular complexity index is 790. The SMILES string of the molecule is CC(=O)Nc1ccc(C#CCNC(=O)NCc2ccc(Cl)cc2)cc1. The fourth-order valence-electron chi connectivity index (χ4n) is 1.96. The second kappa shape index (κ2) is 9.36. The second-order valence-corrected chi connectivity index (χ2v) is 5.66. The molecule has 0 aliphatic carbocycles. The fourth-order valence-corrected chi connectivity index (χ4v) is 2.08. The molecule has 0 heterocycles. The molecule has 25 heavy (non-hydrogen) atoms. The Morgan fingerprint density at radius 1 is 1.00 bits per heavy atom. The quantitative estimate of drug-likeness (QED) is 0.737. The van der Waals surface area contributed by atoms with Crippen LogP contribution in [0.4, 0.5) is 10.5 Å². The van der Waals surface area contributed by atoms with Crippen molar-refractivity contribution in [2.45, 2.75) is 13.5 Å². The lowest BCUT2D eigenvalue weighted by atomic mass is 10.2. The second-order valence-electron chi connectivity index (χ2n) is 5.22. The number of urea groups is 1. The maximum Gasteiger partial charge on any atom is 0.315 e. The van der Waals surface area contributed by atoms with Gasteiger partial charge in [-0.15, -0.1) is 0 Å². The van der Waals surface area contributed by atoms with Gasteiger partial charge in [-0.3, -0.25) is 4.79 Å². The molecule has 3 amide bonds. The first-order chi connectivity index (χ1) is 12.0. The molecule has 0 unspecified atom stereocenters. The molecule has 0 saturated heterocycles. The van der Waals surface area contributed by atoms with E-state index in [9.17, 15) is 9.59 Å². The average molecular weight is 356 g/mol. The van der Waals surface area contributed by atoms with Crippen molar-refractivity contribution in [1.29, 1.82) is 0 Å². The standard InChI is InChI=1S/C19H18ClN3O2/c1-14(24)23-18-10-6-15(7-11-18)3-2-12-21-19(25)22-13-16-4-8-17(20)9-5-16/h4-11H,12-13H2,1H3,(H,23,24)(H2,21,22,25). The topological polar surface area (TPSA) is 70.2 Å². The highest BCUT2D eigenvalue weighted by atomic mass is 35.5. The summed E-state index contributed by atoms with van der Waals surface area (Å²) >= 11 is 5.81. The normalized spacial score (nSPS) is 9.52. The van der Waals surface area contributed by atoms with Crippen LogP contribution < -0.4 is 16.0 Å². The third-order valence-corrected chi connectivity index (χ3v) is 3.39. The van der Waals surface area contributed by atoms with E-state index in [4.69, 9.17) is 11.6 Å². The first-order valence-corrected chi connectivity index (χ1v) is 8.03. The number of hydrogen-bond acceptors (Lipinski definition) is 2. The van der Waals surface area contributed by atoms with Gasteiger partial charge in [0, 0.05) is 29.7 Å². The van der Waals surface area contributed by atoms with Gasteiger partial charge in [0.25, 0.3) is 0 Å². The molecule has 0 spiro atoms. The number of benzene rings is 2. The van der Waals surface area contributed by atoms with E-state index in [1.165, 1.54) is 6.92 Å². The Morgan fingerprint density at radius 2 is 1.68 bits per heavy atom. The average Bonchev–Trinajstić information content (AvgIpc) is 2.59. The monoisotopic (exact) mass is 355 g/mol. The van der Waals surface area contributed by atoms with E-state index in [-0.39, 0.29) is 18.5 Å². The summed E-state index contributed by atoms with van der Waals surface area (Å²) < 4.78 is 0. The van der Waals surface area contributed by atoms with E-state index in [1.54, 1.807) is 36.4 Å². The number of anilines is 1. The van der Waals surface area contributed by atoms with Crippen LogP contribution in [0, 0.1) is 11.8 Å². The fraction of sp³-hybridized carbons (Fsp3) is 0.158. The summed E-state index contributed by atoms with van der Waals surface area (Å²) in [6, 6.07) is 14.1. The Balaban J connectivity index is 1.73. The lowest BCUT2D eigenvalue weighted by molar-refractivity contribution is -0.114. The zero-order chi connectivity index (χ0) is 18.1. The van der Waals surface area contributed by atoms with E-state index < -0.39 is 0 Å². The largest absolute Gasteiger partial charge is 0.334 e. The van der Waals surface area contributed by atoms with E-state index >= 15 is 0 Å². The molecule has 0 saturated carbocycles. The van der Waals surface area contributed by atoms with E-state index in [0.717, 1.165) is 16.8 Å². The van der Waals surface area contributed by atoms with Gasteiger partial charge < -0.3 is 16.0 Å². The van der Waals surface area contributed by atoms with Gasteiger partial charge in [0.2, 0.25) is 5.91 Å². The zero-order valence-corrected chi connectivity index (χ0v) is 14.5. The first kappa shape index (κ1) is 18.4. The summed E-state index contributed by atoms with van der Waals surface area (Å²) in [5.74, 6) is 5.69. The van der Waals surface area contributed by atoms with Gasteiger partial charge in [0.05, 0.1) is 6.54 Å². The summed E-state index contributed by atoms with van der Waals surface area (Å²) in [5, 5.41) is 8.75. The van der Waals surface area contributed by atoms with Gasteiger partial charge in [-0.2, -0.15) is 0 Å². The third-order valence-electron chi connectivity index (χ3n) is 3.14. The van der Waals surface area contributed by atoms with Crippen LogP contribution in [0.3, 0.4) is 0 Å². The van der Waals surface area contributed by atoms with Crippen LogP contribution in [-0.2, 0) is 11.3 Å². The van der Waals surface area contributed by atoms with Gasteiger partial charge in [-0.05, 0) is 42.0 Å². The predicted octanol–water partition coefficient (Wildman–Crippen LogP) is 3.15. The molecule has 2 aromatic carbocycles. The van der Waals surface area contributed by atoms with Crippen molar-refractivity contribution in [2.75, 3.05) is 11.9 Å². The Kier molecular flexibility index (Phi) is 6.87. The Hall–Kier alpha value is -2.97. The lowest BCUT2D eigenvalue weighted by Gasteiger charge is -2.05. The van der Waals surface area contributed by atoms with Crippen LogP contribution in [-0.4, -0.2) is 18.5 Å². The molecule has 0 fully saturated rings. The van der Waals surface area contributed by atoms with Crippen molar-refractivity contribution < 1.29 is 9.59 Å². The first-order valence-electron chi connectivity index (χ1n) is 7.65. The molecule has 2 rings (SSSR count). The van der Waals surface area contributed by atoms with Crippen molar-refractivity contribution in [1.82, 2.24) is 10.6 Å². The smallest absolute Gasteiger partial charge is 0.315 e. The molecular formula is C19H18ClN3O2. The molecule has 0 bridgehead atoms. The van der Waals surface area contributed by atoms with E-state index in [2.05, 4.69) is 27.8 Å². The van der Waals surface area contributed by atoms with Crippen molar-refractivity contribution in [3.05, 3.63) is 64.7 Å². The maximum absolute atomic E-state index is 11.7. The molecule has 0 atom stereocenters.